The fourth-order valence-electron chi connectivity index (χ4n) is 2.08. The standard InChI is InChI=1S/C15H28N2O3/c1-6-15(2,3)11-20-13(18)12-7-9-17(10-8-12)14(19)16(4)5/h12H,6-11H2,1-5H3. The van der Waals surface area contributed by atoms with Crippen molar-refractivity contribution in [2.24, 2.45) is 11.3 Å². The molecule has 1 aliphatic heterocycles. The highest BCUT2D eigenvalue weighted by atomic mass is 16.5. The van der Waals surface area contributed by atoms with E-state index in [1.165, 1.54) is 0 Å². The van der Waals surface area contributed by atoms with Crippen LogP contribution in [0, 0.1) is 11.3 Å². The molecule has 0 radical (unpaired) electrons. The van der Waals surface area contributed by atoms with Crippen LogP contribution in [-0.4, -0.2) is 55.6 Å². The number of hydrogen-bond acceptors (Lipinski definition) is 3. The smallest absolute Gasteiger partial charge is 0.319 e. The topological polar surface area (TPSA) is 49.9 Å². The average Bonchev–Trinajstić information content (AvgIpc) is 2.44. The van der Waals surface area contributed by atoms with Crippen LogP contribution in [-0.2, 0) is 9.53 Å². The minimum absolute atomic E-state index is 0.0175. The van der Waals surface area contributed by atoms with E-state index in [1.54, 1.807) is 23.9 Å². The van der Waals surface area contributed by atoms with E-state index in [2.05, 4.69) is 20.8 Å². The van der Waals surface area contributed by atoms with Crippen LogP contribution in [0.2, 0.25) is 0 Å². The number of piperidine rings is 1. The first-order valence-corrected chi connectivity index (χ1v) is 7.39. The summed E-state index contributed by atoms with van der Waals surface area (Å²) in [7, 11) is 3.49. The SMILES string of the molecule is CCC(C)(C)COC(=O)C1CCN(C(=O)N(C)C)CC1. The van der Waals surface area contributed by atoms with E-state index in [0.29, 0.717) is 32.5 Å². The number of nitrogens with zero attached hydrogens (tertiary/aromatic N) is 2. The van der Waals surface area contributed by atoms with Crippen molar-refractivity contribution in [3.05, 3.63) is 0 Å². The molecule has 1 fully saturated rings. The van der Waals surface area contributed by atoms with Crippen molar-refractivity contribution in [1.29, 1.82) is 0 Å². The molecule has 5 nitrogen and oxygen atoms in total. The molecule has 1 rings (SSSR count). The summed E-state index contributed by atoms with van der Waals surface area (Å²) in [4.78, 5) is 27.2. The molecule has 0 unspecified atom stereocenters. The van der Waals surface area contributed by atoms with Gasteiger partial charge in [0.2, 0.25) is 0 Å². The maximum absolute atomic E-state index is 12.0. The lowest BCUT2D eigenvalue weighted by molar-refractivity contribution is -0.153. The van der Waals surface area contributed by atoms with Gasteiger partial charge in [-0.1, -0.05) is 20.8 Å². The van der Waals surface area contributed by atoms with Gasteiger partial charge in [-0.15, -0.1) is 0 Å². The van der Waals surface area contributed by atoms with E-state index in [1.807, 2.05) is 0 Å². The van der Waals surface area contributed by atoms with E-state index >= 15 is 0 Å². The van der Waals surface area contributed by atoms with Gasteiger partial charge >= 0.3 is 12.0 Å². The molecule has 0 saturated carbocycles. The van der Waals surface area contributed by atoms with Gasteiger partial charge in [0.1, 0.15) is 0 Å². The monoisotopic (exact) mass is 284 g/mol. The third-order valence-corrected chi connectivity index (χ3v) is 4.04. The first-order chi connectivity index (χ1) is 9.26. The van der Waals surface area contributed by atoms with Gasteiger partial charge in [0.05, 0.1) is 12.5 Å². The summed E-state index contributed by atoms with van der Waals surface area (Å²) >= 11 is 0. The highest BCUT2D eigenvalue weighted by molar-refractivity contribution is 5.75. The molecule has 0 bridgehead atoms. The zero-order valence-corrected chi connectivity index (χ0v) is 13.4. The third kappa shape index (κ3) is 4.69. The highest BCUT2D eigenvalue weighted by Crippen LogP contribution is 2.23. The highest BCUT2D eigenvalue weighted by Gasteiger charge is 2.29. The van der Waals surface area contributed by atoms with Crippen LogP contribution in [0.5, 0.6) is 0 Å². The van der Waals surface area contributed by atoms with Gasteiger partial charge in [-0.3, -0.25) is 4.79 Å². The first kappa shape index (κ1) is 16.8. The molecular weight excluding hydrogens is 256 g/mol. The summed E-state index contributed by atoms with van der Waals surface area (Å²) in [6.45, 7) is 8.03. The lowest BCUT2D eigenvalue weighted by atomic mass is 9.91. The van der Waals surface area contributed by atoms with Crippen LogP contribution < -0.4 is 0 Å². The number of amides is 2. The number of ether oxygens (including phenoxy) is 1. The Labute approximate surface area is 122 Å². The number of rotatable bonds is 4. The predicted molar refractivity (Wildman–Crippen MR) is 78.4 cm³/mol. The Morgan fingerprint density at radius 1 is 1.25 bits per heavy atom. The number of urea groups is 1. The number of carbonyl (C=O) groups excluding carboxylic acids is 2. The quantitative estimate of drug-likeness (QED) is 0.745. The number of likely N-dealkylation sites (tertiary alicyclic amines) is 1. The van der Waals surface area contributed by atoms with Crippen LogP contribution in [0.1, 0.15) is 40.0 Å². The number of esters is 1. The average molecular weight is 284 g/mol. The summed E-state index contributed by atoms with van der Waals surface area (Å²) < 4.78 is 5.43. The molecule has 2 amide bonds. The van der Waals surface area contributed by atoms with Gasteiger partial charge in [0.15, 0.2) is 0 Å². The second-order valence-electron chi connectivity index (χ2n) is 6.56. The predicted octanol–water partition coefficient (Wildman–Crippen LogP) is 2.36. The molecule has 0 N–H and O–H groups in total. The van der Waals surface area contributed by atoms with Crippen molar-refractivity contribution in [2.75, 3.05) is 33.8 Å². The minimum Gasteiger partial charge on any atom is -0.465 e. The molecule has 1 saturated heterocycles. The summed E-state index contributed by atoms with van der Waals surface area (Å²) in [5.41, 5.74) is 0.0389. The molecule has 116 valence electrons. The molecule has 0 aliphatic carbocycles. The Kier molecular flexibility index (Phi) is 5.84. The van der Waals surface area contributed by atoms with Crippen LogP contribution >= 0.6 is 0 Å². The Balaban J connectivity index is 2.38. The van der Waals surface area contributed by atoms with Crippen molar-refractivity contribution in [2.45, 2.75) is 40.0 Å². The Bertz CT molecular complexity index is 345. The second kappa shape index (κ2) is 6.95. The van der Waals surface area contributed by atoms with E-state index in [4.69, 9.17) is 4.74 Å². The van der Waals surface area contributed by atoms with Gasteiger partial charge in [0.25, 0.3) is 0 Å². The zero-order chi connectivity index (χ0) is 15.3. The lowest BCUT2D eigenvalue weighted by Crippen LogP contribution is -2.45. The van der Waals surface area contributed by atoms with E-state index < -0.39 is 0 Å². The van der Waals surface area contributed by atoms with Crippen LogP contribution in [0.3, 0.4) is 0 Å². The van der Waals surface area contributed by atoms with Gasteiger partial charge in [-0.25, -0.2) is 4.79 Å². The van der Waals surface area contributed by atoms with Crippen molar-refractivity contribution in [3.63, 3.8) is 0 Å². The molecule has 0 atom stereocenters. The van der Waals surface area contributed by atoms with E-state index in [0.717, 1.165) is 6.42 Å². The summed E-state index contributed by atoms with van der Waals surface area (Å²) in [5.74, 6) is -0.169. The molecule has 0 aromatic rings. The zero-order valence-electron chi connectivity index (χ0n) is 13.4. The van der Waals surface area contributed by atoms with Crippen molar-refractivity contribution in [3.8, 4) is 0 Å². The summed E-state index contributed by atoms with van der Waals surface area (Å²) in [6.07, 6.45) is 2.38. The fraction of sp³-hybridized carbons (Fsp3) is 0.867. The maximum atomic E-state index is 12.0. The molecule has 0 aromatic heterocycles. The second-order valence-corrected chi connectivity index (χ2v) is 6.56. The fourth-order valence-corrected chi connectivity index (χ4v) is 2.08. The number of carbonyl (C=O) groups is 2. The third-order valence-electron chi connectivity index (χ3n) is 4.04. The van der Waals surface area contributed by atoms with Gasteiger partial charge in [0, 0.05) is 27.2 Å². The molecule has 1 heterocycles. The number of hydrogen-bond donors (Lipinski definition) is 0. The minimum atomic E-state index is -0.108. The van der Waals surface area contributed by atoms with Crippen molar-refractivity contribution in [1.82, 2.24) is 9.80 Å². The molecule has 5 heteroatoms. The Hall–Kier alpha value is -1.26. The molecule has 0 aromatic carbocycles. The van der Waals surface area contributed by atoms with Gasteiger partial charge < -0.3 is 14.5 Å². The molecule has 1 aliphatic rings. The molecular formula is C15H28N2O3. The molecule has 0 spiro atoms. The lowest BCUT2D eigenvalue weighted by Gasteiger charge is -2.33. The first-order valence-electron chi connectivity index (χ1n) is 7.39. The Morgan fingerprint density at radius 2 is 1.80 bits per heavy atom. The van der Waals surface area contributed by atoms with Crippen LogP contribution in [0.4, 0.5) is 4.79 Å². The normalized spacial score (nSPS) is 16.9. The maximum Gasteiger partial charge on any atom is 0.319 e. The summed E-state index contributed by atoms with van der Waals surface area (Å²) in [5, 5.41) is 0. The molecule has 20 heavy (non-hydrogen) atoms. The van der Waals surface area contributed by atoms with Crippen LogP contribution in [0.25, 0.3) is 0 Å². The van der Waals surface area contributed by atoms with E-state index in [-0.39, 0.29) is 23.3 Å². The van der Waals surface area contributed by atoms with Crippen LogP contribution in [0.15, 0.2) is 0 Å². The van der Waals surface area contributed by atoms with Gasteiger partial charge in [-0.2, -0.15) is 0 Å². The van der Waals surface area contributed by atoms with E-state index in [9.17, 15) is 9.59 Å². The van der Waals surface area contributed by atoms with Gasteiger partial charge in [-0.05, 0) is 24.7 Å². The van der Waals surface area contributed by atoms with Crippen molar-refractivity contribution >= 4 is 12.0 Å². The summed E-state index contributed by atoms with van der Waals surface area (Å²) in [6, 6.07) is 0.0175. The van der Waals surface area contributed by atoms with Crippen molar-refractivity contribution < 1.29 is 14.3 Å². The Morgan fingerprint density at radius 3 is 2.25 bits per heavy atom. The largest absolute Gasteiger partial charge is 0.465 e.